The number of allylic oxidation sites excluding steroid dienone is 1. The van der Waals surface area contributed by atoms with Gasteiger partial charge in [-0.2, -0.15) is 0 Å². The fourth-order valence-electron chi connectivity index (χ4n) is 6.20. The third-order valence-electron chi connectivity index (χ3n) is 7.99. The zero-order valence-electron chi connectivity index (χ0n) is 18.7. The van der Waals surface area contributed by atoms with Gasteiger partial charge in [0.25, 0.3) is 5.69 Å². The highest BCUT2D eigenvalue weighted by Gasteiger charge is 2.54. The Kier molecular flexibility index (Phi) is 5.20. The number of ether oxygens (including phenoxy) is 1. The van der Waals surface area contributed by atoms with Crippen molar-refractivity contribution in [3.8, 4) is 17.2 Å². The van der Waals surface area contributed by atoms with E-state index < -0.39 is 4.92 Å². The normalized spacial score (nSPS) is 29.8. The summed E-state index contributed by atoms with van der Waals surface area (Å²) in [6.07, 6.45) is 5.49. The van der Waals surface area contributed by atoms with Crippen molar-refractivity contribution < 1.29 is 24.7 Å². The van der Waals surface area contributed by atoms with Crippen LogP contribution in [0.1, 0.15) is 49.7 Å². The summed E-state index contributed by atoms with van der Waals surface area (Å²) in [6.45, 7) is 2.19. The molecule has 3 aliphatic carbocycles. The molecule has 8 nitrogen and oxygen atoms in total. The first-order valence-corrected chi connectivity index (χ1v) is 11.3. The molecule has 0 radical (unpaired) electrons. The molecule has 5 atom stereocenters. The summed E-state index contributed by atoms with van der Waals surface area (Å²) in [5.41, 5.74) is 5.40. The lowest BCUT2D eigenvalue weighted by Gasteiger charge is -2.48. The van der Waals surface area contributed by atoms with E-state index in [-0.39, 0.29) is 34.8 Å². The number of nitrogens with zero attached hydrogens (tertiary/aromatic N) is 1. The summed E-state index contributed by atoms with van der Waals surface area (Å²) in [7, 11) is 1.54. The van der Waals surface area contributed by atoms with Gasteiger partial charge in [-0.25, -0.2) is 5.48 Å². The number of aliphatic hydroxyl groups is 1. The maximum Gasteiger partial charge on any atom is 0.273 e. The van der Waals surface area contributed by atoms with Crippen LogP contribution in [0.4, 0.5) is 5.69 Å². The smallest absolute Gasteiger partial charge is 0.273 e. The molecule has 2 aromatic carbocycles. The van der Waals surface area contributed by atoms with E-state index >= 15 is 0 Å². The fraction of sp³-hybridized carbons (Fsp3) is 0.440. The Labute approximate surface area is 191 Å². The molecule has 3 aliphatic rings. The minimum atomic E-state index is -0.467. The number of nitro benzene ring substituents is 1. The minimum Gasteiger partial charge on any atom is -0.504 e. The lowest BCUT2D eigenvalue weighted by atomic mass is 9.56. The Morgan fingerprint density at radius 1 is 1.21 bits per heavy atom. The second-order valence-electron chi connectivity index (χ2n) is 9.58. The molecular formula is C25H28N2O6. The SMILES string of the molecule is COc1cc2c(cc1O)C(NOc1cccc([N+](=O)[O-])c1)=C[C@@H]1[C@@H]2CC[C@]2(C)[C@@H](O)CC[C@@H]12. The highest BCUT2D eigenvalue weighted by atomic mass is 16.6. The van der Waals surface area contributed by atoms with Gasteiger partial charge in [0.1, 0.15) is 0 Å². The molecule has 0 aliphatic heterocycles. The van der Waals surface area contributed by atoms with Gasteiger partial charge in [-0.1, -0.05) is 19.1 Å². The highest BCUT2D eigenvalue weighted by molar-refractivity contribution is 5.73. The Morgan fingerprint density at radius 3 is 2.79 bits per heavy atom. The van der Waals surface area contributed by atoms with E-state index in [9.17, 15) is 20.3 Å². The van der Waals surface area contributed by atoms with Crippen LogP contribution in [0.5, 0.6) is 17.2 Å². The maximum atomic E-state index is 11.1. The molecule has 2 saturated carbocycles. The molecule has 2 aromatic rings. The summed E-state index contributed by atoms with van der Waals surface area (Å²) in [4.78, 5) is 16.4. The van der Waals surface area contributed by atoms with Gasteiger partial charge in [-0.05, 0) is 72.6 Å². The van der Waals surface area contributed by atoms with Crippen LogP contribution in [0.25, 0.3) is 5.70 Å². The lowest BCUT2D eigenvalue weighted by molar-refractivity contribution is -0.385. The Morgan fingerprint density at radius 2 is 2.03 bits per heavy atom. The molecule has 2 fully saturated rings. The first-order chi connectivity index (χ1) is 15.8. The van der Waals surface area contributed by atoms with E-state index in [0.717, 1.165) is 36.8 Å². The molecule has 0 aromatic heterocycles. The summed E-state index contributed by atoms with van der Waals surface area (Å²) in [5, 5.41) is 32.3. The van der Waals surface area contributed by atoms with Crippen LogP contribution in [-0.4, -0.2) is 28.4 Å². The summed E-state index contributed by atoms with van der Waals surface area (Å²) >= 11 is 0. The van der Waals surface area contributed by atoms with E-state index in [0.29, 0.717) is 23.1 Å². The van der Waals surface area contributed by atoms with Gasteiger partial charge in [0.15, 0.2) is 17.2 Å². The standard InChI is InChI=1S/C25H28N2O6/c1-25-9-8-16-17-13-23(32-2)22(28)12-19(17)21(11-18(16)20(25)6-7-24(25)29)26-33-15-5-3-4-14(10-15)27(30)31/h3-5,10-13,16,18,20,24,26,28-29H,6-9H2,1-2H3/t16-,18-,20+,24+,25+/m1/s1. The number of hydrogen-bond acceptors (Lipinski definition) is 7. The fourth-order valence-corrected chi connectivity index (χ4v) is 6.20. The molecule has 0 heterocycles. The third kappa shape index (κ3) is 3.49. The van der Waals surface area contributed by atoms with Crippen LogP contribution in [0, 0.1) is 27.4 Å². The van der Waals surface area contributed by atoms with Gasteiger partial charge in [0, 0.05) is 11.6 Å². The zero-order valence-corrected chi connectivity index (χ0v) is 18.7. The maximum absolute atomic E-state index is 11.1. The number of phenols is 1. The van der Waals surface area contributed by atoms with Crippen molar-refractivity contribution in [3.63, 3.8) is 0 Å². The second-order valence-corrected chi connectivity index (χ2v) is 9.58. The van der Waals surface area contributed by atoms with Crippen LogP contribution in [0.2, 0.25) is 0 Å². The van der Waals surface area contributed by atoms with Gasteiger partial charge in [-0.15, -0.1) is 0 Å². The largest absolute Gasteiger partial charge is 0.504 e. The summed E-state index contributed by atoms with van der Waals surface area (Å²) < 4.78 is 5.39. The number of methoxy groups -OCH3 is 1. The molecular weight excluding hydrogens is 424 g/mol. The van der Waals surface area contributed by atoms with Gasteiger partial charge in [0.2, 0.25) is 0 Å². The van der Waals surface area contributed by atoms with Crippen molar-refractivity contribution in [2.75, 3.05) is 7.11 Å². The molecule has 0 spiro atoms. The van der Waals surface area contributed by atoms with Crippen molar-refractivity contribution in [3.05, 3.63) is 63.7 Å². The lowest BCUT2D eigenvalue weighted by Crippen LogP contribution is -2.43. The first-order valence-electron chi connectivity index (χ1n) is 11.3. The van der Waals surface area contributed by atoms with Gasteiger partial charge in [0.05, 0.1) is 29.9 Å². The predicted octanol–water partition coefficient (Wildman–Crippen LogP) is 4.52. The van der Waals surface area contributed by atoms with Crippen molar-refractivity contribution in [1.29, 1.82) is 0 Å². The second kappa shape index (κ2) is 7.95. The molecule has 0 amide bonds. The number of phenolic OH excluding ortho intramolecular Hbond substituents is 1. The van der Waals surface area contributed by atoms with Crippen molar-refractivity contribution in [1.82, 2.24) is 5.48 Å². The van der Waals surface area contributed by atoms with E-state index in [4.69, 9.17) is 9.57 Å². The van der Waals surface area contributed by atoms with Gasteiger partial charge >= 0.3 is 0 Å². The quantitative estimate of drug-likeness (QED) is 0.451. The zero-order chi connectivity index (χ0) is 23.3. The topological polar surface area (TPSA) is 114 Å². The minimum absolute atomic E-state index is 0.0367. The highest BCUT2D eigenvalue weighted by Crippen LogP contribution is 2.61. The summed E-state index contributed by atoms with van der Waals surface area (Å²) in [6, 6.07) is 9.55. The molecule has 0 saturated heterocycles. The van der Waals surface area contributed by atoms with Crippen molar-refractivity contribution >= 4 is 11.4 Å². The number of benzene rings is 2. The average Bonchev–Trinajstić information content (AvgIpc) is 3.11. The van der Waals surface area contributed by atoms with E-state index in [2.05, 4.69) is 18.5 Å². The molecule has 8 heteroatoms. The Bertz CT molecular complexity index is 1130. The monoisotopic (exact) mass is 452 g/mol. The number of nitrogens with one attached hydrogen (secondary N) is 1. The molecule has 0 unspecified atom stereocenters. The van der Waals surface area contributed by atoms with Gasteiger partial charge < -0.3 is 19.8 Å². The number of fused-ring (bicyclic) bond motifs is 5. The van der Waals surface area contributed by atoms with Crippen LogP contribution >= 0.6 is 0 Å². The number of nitro groups is 1. The molecule has 3 N–H and O–H groups in total. The molecule has 33 heavy (non-hydrogen) atoms. The van der Waals surface area contributed by atoms with E-state index in [1.165, 1.54) is 19.2 Å². The number of aliphatic hydroxyl groups excluding tert-OH is 1. The third-order valence-corrected chi connectivity index (χ3v) is 7.99. The van der Waals surface area contributed by atoms with Crippen LogP contribution < -0.4 is 15.1 Å². The number of rotatable bonds is 5. The van der Waals surface area contributed by atoms with Crippen LogP contribution in [-0.2, 0) is 0 Å². The van der Waals surface area contributed by atoms with Crippen molar-refractivity contribution in [2.24, 2.45) is 17.3 Å². The van der Waals surface area contributed by atoms with Gasteiger partial charge in [-0.3, -0.25) is 10.1 Å². The molecule has 5 rings (SSSR count). The predicted molar refractivity (Wildman–Crippen MR) is 122 cm³/mol. The average molecular weight is 453 g/mol. The number of aromatic hydroxyl groups is 1. The first kappa shape index (κ1) is 21.6. The van der Waals surface area contributed by atoms with E-state index in [1.807, 2.05) is 6.07 Å². The van der Waals surface area contributed by atoms with Crippen LogP contribution in [0.3, 0.4) is 0 Å². The summed E-state index contributed by atoms with van der Waals surface area (Å²) in [5.74, 6) is 1.55. The molecule has 174 valence electrons. The van der Waals surface area contributed by atoms with E-state index in [1.54, 1.807) is 18.2 Å². The number of hydroxylamine groups is 1. The van der Waals surface area contributed by atoms with Crippen LogP contribution in [0.15, 0.2) is 42.5 Å². The number of hydrogen-bond donors (Lipinski definition) is 3. The van der Waals surface area contributed by atoms with Crippen molar-refractivity contribution in [2.45, 2.75) is 44.6 Å². The Balaban J connectivity index is 1.52. The molecule has 0 bridgehead atoms. The number of non-ortho nitro benzene ring substituents is 1. The Hall–Kier alpha value is -3.26.